The summed E-state index contributed by atoms with van der Waals surface area (Å²) in [6, 6.07) is 17.9. The van der Waals surface area contributed by atoms with Crippen LogP contribution in [0, 0.1) is 0 Å². The second-order valence-electron chi connectivity index (χ2n) is 11.0. The van der Waals surface area contributed by atoms with Crippen molar-refractivity contribution >= 4 is 22.7 Å². The minimum atomic E-state index is -0.424. The van der Waals surface area contributed by atoms with E-state index in [4.69, 9.17) is 14.2 Å². The number of hydrogen-bond acceptors (Lipinski definition) is 5. The van der Waals surface area contributed by atoms with Crippen LogP contribution in [0.1, 0.15) is 125 Å². The fraction of sp³-hybridized carbons (Fsp3) is 0.500. The van der Waals surface area contributed by atoms with Crippen molar-refractivity contribution in [2.24, 2.45) is 0 Å². The molecule has 0 saturated carbocycles. The van der Waals surface area contributed by atoms with Crippen LogP contribution in [0.25, 0.3) is 10.8 Å². The van der Waals surface area contributed by atoms with Crippen LogP contribution in [0.2, 0.25) is 0 Å². The van der Waals surface area contributed by atoms with E-state index in [1.807, 2.05) is 37.3 Å². The Bertz CT molecular complexity index is 1200. The predicted molar refractivity (Wildman–Crippen MR) is 167 cm³/mol. The third-order valence-corrected chi connectivity index (χ3v) is 7.39. The average Bonchev–Trinajstić information content (AvgIpc) is 2.98. The fourth-order valence-corrected chi connectivity index (χ4v) is 4.86. The first kappa shape index (κ1) is 32.2. The van der Waals surface area contributed by atoms with Gasteiger partial charge in [-0.05, 0) is 85.5 Å². The van der Waals surface area contributed by atoms with Crippen molar-refractivity contribution in [1.29, 1.82) is 0 Å². The molecule has 1 atom stereocenters. The maximum atomic E-state index is 12.7. The van der Waals surface area contributed by atoms with Crippen LogP contribution in [0.5, 0.6) is 11.5 Å². The number of fused-ring (bicyclic) bond motifs is 1. The maximum absolute atomic E-state index is 12.7. The van der Waals surface area contributed by atoms with Crippen LogP contribution < -0.4 is 9.47 Å². The number of carbonyl (C=O) groups excluding carboxylic acids is 2. The van der Waals surface area contributed by atoms with Gasteiger partial charge in [0.25, 0.3) is 0 Å². The second-order valence-corrected chi connectivity index (χ2v) is 11.0. The van der Waals surface area contributed by atoms with E-state index < -0.39 is 5.97 Å². The molecule has 0 bridgehead atoms. The zero-order valence-corrected chi connectivity index (χ0v) is 25.3. The van der Waals surface area contributed by atoms with Gasteiger partial charge >= 0.3 is 11.9 Å². The van der Waals surface area contributed by atoms with E-state index in [1.54, 1.807) is 30.3 Å². The zero-order valence-electron chi connectivity index (χ0n) is 25.3. The molecule has 3 aromatic carbocycles. The standard InChI is InChI=1S/C36H48O5/c1-4-6-8-10-11-12-13-15-25-39-33-22-19-29(20-23-33)35(37)41-34-24-21-30-26-32(18-17-31(30)27-34)36(38)40-28(3)16-14-9-7-5-2/h17-24,26-28H,4-16,25H2,1-3H3/t28-/m1/s1. The van der Waals surface area contributed by atoms with Crippen molar-refractivity contribution in [1.82, 2.24) is 0 Å². The molecule has 0 aliphatic heterocycles. The van der Waals surface area contributed by atoms with E-state index in [9.17, 15) is 9.59 Å². The molecule has 5 nitrogen and oxygen atoms in total. The Morgan fingerprint density at radius 1 is 0.610 bits per heavy atom. The van der Waals surface area contributed by atoms with Gasteiger partial charge in [-0.1, -0.05) is 90.2 Å². The van der Waals surface area contributed by atoms with Crippen molar-refractivity contribution in [3.8, 4) is 11.5 Å². The normalized spacial score (nSPS) is 11.8. The molecule has 222 valence electrons. The third-order valence-electron chi connectivity index (χ3n) is 7.39. The Kier molecular flexibility index (Phi) is 14.3. The molecule has 0 saturated heterocycles. The fourth-order valence-electron chi connectivity index (χ4n) is 4.86. The van der Waals surface area contributed by atoms with Crippen molar-refractivity contribution in [3.05, 3.63) is 71.8 Å². The van der Waals surface area contributed by atoms with Gasteiger partial charge in [0.05, 0.1) is 23.8 Å². The molecular weight excluding hydrogens is 512 g/mol. The number of ether oxygens (including phenoxy) is 3. The zero-order chi connectivity index (χ0) is 29.3. The van der Waals surface area contributed by atoms with Crippen molar-refractivity contribution < 1.29 is 23.8 Å². The van der Waals surface area contributed by atoms with Crippen molar-refractivity contribution in [2.75, 3.05) is 6.61 Å². The van der Waals surface area contributed by atoms with Gasteiger partial charge in [-0.15, -0.1) is 0 Å². The monoisotopic (exact) mass is 560 g/mol. The topological polar surface area (TPSA) is 61.8 Å². The summed E-state index contributed by atoms with van der Waals surface area (Å²) in [5, 5.41) is 1.76. The molecule has 0 amide bonds. The number of rotatable bonds is 19. The smallest absolute Gasteiger partial charge is 0.343 e. The Morgan fingerprint density at radius 2 is 1.17 bits per heavy atom. The summed E-state index contributed by atoms with van der Waals surface area (Å²) in [5.41, 5.74) is 0.985. The van der Waals surface area contributed by atoms with Gasteiger partial charge in [0.1, 0.15) is 11.5 Å². The van der Waals surface area contributed by atoms with E-state index in [0.717, 1.165) is 35.8 Å². The van der Waals surface area contributed by atoms with Gasteiger partial charge in [0.2, 0.25) is 0 Å². The number of benzene rings is 3. The lowest BCUT2D eigenvalue weighted by atomic mass is 10.1. The molecule has 0 aliphatic carbocycles. The van der Waals surface area contributed by atoms with Crippen LogP contribution in [0.15, 0.2) is 60.7 Å². The van der Waals surface area contributed by atoms with Crippen molar-refractivity contribution in [2.45, 2.75) is 110 Å². The predicted octanol–water partition coefficient (Wildman–Crippen LogP) is 10.1. The highest BCUT2D eigenvalue weighted by Crippen LogP contribution is 2.24. The van der Waals surface area contributed by atoms with Crippen molar-refractivity contribution in [3.63, 3.8) is 0 Å². The lowest BCUT2D eigenvalue weighted by molar-refractivity contribution is 0.0319. The molecular formula is C36H48O5. The Balaban J connectivity index is 1.44. The van der Waals surface area contributed by atoms with Crippen LogP contribution >= 0.6 is 0 Å². The van der Waals surface area contributed by atoms with E-state index in [2.05, 4.69) is 13.8 Å². The molecule has 5 heteroatoms. The summed E-state index contributed by atoms with van der Waals surface area (Å²) < 4.78 is 17.1. The molecule has 0 aromatic heterocycles. The Hall–Kier alpha value is -3.34. The van der Waals surface area contributed by atoms with Gasteiger partial charge in [0.15, 0.2) is 0 Å². The summed E-state index contributed by atoms with van der Waals surface area (Å²) in [7, 11) is 0. The summed E-state index contributed by atoms with van der Waals surface area (Å²) in [5.74, 6) is 0.478. The Labute approximate surface area is 246 Å². The highest BCUT2D eigenvalue weighted by molar-refractivity contribution is 5.96. The van der Waals surface area contributed by atoms with Crippen LogP contribution in [0.4, 0.5) is 0 Å². The quantitative estimate of drug-likeness (QED) is 0.0829. The molecule has 0 aliphatic rings. The summed E-state index contributed by atoms with van der Waals surface area (Å²) in [6.45, 7) is 7.06. The largest absolute Gasteiger partial charge is 0.494 e. The third kappa shape index (κ3) is 11.6. The van der Waals surface area contributed by atoms with Gasteiger partial charge in [-0.2, -0.15) is 0 Å². The first-order valence-electron chi connectivity index (χ1n) is 15.7. The maximum Gasteiger partial charge on any atom is 0.343 e. The molecule has 41 heavy (non-hydrogen) atoms. The minimum absolute atomic E-state index is 0.104. The van der Waals surface area contributed by atoms with Crippen LogP contribution in [0.3, 0.4) is 0 Å². The lowest BCUT2D eigenvalue weighted by Gasteiger charge is -2.13. The number of carbonyl (C=O) groups is 2. The molecule has 0 fully saturated rings. The SMILES string of the molecule is CCCCCCCCCCOc1ccc(C(=O)Oc2ccc3cc(C(=O)O[C@H](C)CCCCCC)ccc3c2)cc1. The second kappa shape index (κ2) is 18.2. The van der Waals surface area contributed by atoms with Gasteiger partial charge < -0.3 is 14.2 Å². The molecule has 0 N–H and O–H groups in total. The van der Waals surface area contributed by atoms with Crippen LogP contribution in [-0.4, -0.2) is 24.6 Å². The van der Waals surface area contributed by atoms with E-state index in [-0.39, 0.29) is 12.1 Å². The molecule has 0 heterocycles. The van der Waals surface area contributed by atoms with Gasteiger partial charge in [-0.25, -0.2) is 9.59 Å². The first-order valence-corrected chi connectivity index (χ1v) is 15.7. The Morgan fingerprint density at radius 3 is 1.88 bits per heavy atom. The molecule has 0 unspecified atom stereocenters. The van der Waals surface area contributed by atoms with Gasteiger partial charge in [0, 0.05) is 0 Å². The number of esters is 2. The minimum Gasteiger partial charge on any atom is -0.494 e. The van der Waals surface area contributed by atoms with E-state index in [0.29, 0.717) is 23.5 Å². The van der Waals surface area contributed by atoms with Gasteiger partial charge in [-0.3, -0.25) is 0 Å². The first-order chi connectivity index (χ1) is 20.0. The number of hydrogen-bond donors (Lipinski definition) is 0. The lowest BCUT2D eigenvalue weighted by Crippen LogP contribution is -2.15. The molecule has 3 aromatic rings. The summed E-state index contributed by atoms with van der Waals surface area (Å²) in [6.07, 6.45) is 15.5. The molecule has 3 rings (SSSR count). The van der Waals surface area contributed by atoms with Crippen LogP contribution in [-0.2, 0) is 4.74 Å². The van der Waals surface area contributed by atoms with E-state index in [1.165, 1.54) is 64.2 Å². The van der Waals surface area contributed by atoms with E-state index >= 15 is 0 Å². The number of unbranched alkanes of at least 4 members (excludes halogenated alkanes) is 10. The highest BCUT2D eigenvalue weighted by Gasteiger charge is 2.14. The molecule has 0 radical (unpaired) electrons. The highest BCUT2D eigenvalue weighted by atomic mass is 16.5. The average molecular weight is 561 g/mol. The summed E-state index contributed by atoms with van der Waals surface area (Å²) >= 11 is 0. The molecule has 0 spiro atoms. The summed E-state index contributed by atoms with van der Waals surface area (Å²) in [4.78, 5) is 25.3.